The Bertz CT molecular complexity index is 420. The minimum absolute atomic E-state index is 0.155. The highest BCUT2D eigenvalue weighted by molar-refractivity contribution is 9.09. The van der Waals surface area contributed by atoms with Gasteiger partial charge in [0.25, 0.3) is 0 Å². The van der Waals surface area contributed by atoms with Gasteiger partial charge in [-0.25, -0.2) is 4.79 Å². The van der Waals surface area contributed by atoms with Crippen molar-refractivity contribution in [2.24, 2.45) is 0 Å². The Morgan fingerprint density at radius 2 is 2.29 bits per heavy atom. The number of carboxylic acid groups (broad SMARTS) is 1. The lowest BCUT2D eigenvalue weighted by molar-refractivity contribution is -0.107. The quantitative estimate of drug-likeness (QED) is 0.649. The normalized spacial score (nSPS) is 11.9. The van der Waals surface area contributed by atoms with Crippen LogP contribution in [0.3, 0.4) is 0 Å². The first-order valence-electron chi connectivity index (χ1n) is 5.21. The predicted octanol–water partition coefficient (Wildman–Crippen LogP) is 2.98. The largest absolute Gasteiger partial charge is 0.465 e. The third-order valence-electron chi connectivity index (χ3n) is 2.44. The van der Waals surface area contributed by atoms with Gasteiger partial charge in [0.2, 0.25) is 0 Å². The second-order valence-corrected chi connectivity index (χ2v) is 4.94. The fourth-order valence-corrected chi connectivity index (χ4v) is 1.73. The Labute approximate surface area is 108 Å². The van der Waals surface area contributed by atoms with E-state index in [0.717, 1.165) is 23.8 Å². The highest BCUT2D eigenvalue weighted by Gasteiger charge is 2.06. The number of carbonyl (C=O) groups excluding carboxylic acids is 1. The molecule has 1 amide bonds. The molecule has 0 heterocycles. The zero-order valence-corrected chi connectivity index (χ0v) is 11.0. The van der Waals surface area contributed by atoms with E-state index < -0.39 is 6.09 Å². The Kier molecular flexibility index (Phi) is 5.15. The molecule has 17 heavy (non-hydrogen) atoms. The van der Waals surface area contributed by atoms with E-state index in [0.29, 0.717) is 12.1 Å². The van der Waals surface area contributed by atoms with Crippen LogP contribution in [0.4, 0.5) is 10.5 Å². The average Bonchev–Trinajstić information content (AvgIpc) is 2.28. The molecule has 0 aliphatic heterocycles. The molecule has 0 aliphatic carbocycles. The standard InChI is InChI=1S/C12H14BrNO3/c1-8-2-5-11(14-12(16)17)6-9(8)3-4-10(13)7-15/h2,5-7,10,14H,3-4H2,1H3,(H,16,17). The summed E-state index contributed by atoms with van der Waals surface area (Å²) >= 11 is 3.24. The third-order valence-corrected chi connectivity index (χ3v) is 3.11. The molecule has 0 bridgehead atoms. The van der Waals surface area contributed by atoms with Crippen LogP contribution in [0.25, 0.3) is 0 Å². The molecule has 0 saturated heterocycles. The van der Waals surface area contributed by atoms with Crippen molar-refractivity contribution in [2.75, 3.05) is 5.32 Å². The molecule has 0 aliphatic rings. The molecule has 1 aromatic rings. The van der Waals surface area contributed by atoms with Crippen molar-refractivity contribution >= 4 is 34.0 Å². The molecule has 0 aromatic heterocycles. The molecule has 1 rings (SSSR count). The van der Waals surface area contributed by atoms with Crippen LogP contribution in [0.2, 0.25) is 0 Å². The second-order valence-electron chi connectivity index (χ2n) is 3.76. The lowest BCUT2D eigenvalue weighted by Gasteiger charge is -2.09. The van der Waals surface area contributed by atoms with Crippen LogP contribution >= 0.6 is 15.9 Å². The van der Waals surface area contributed by atoms with E-state index in [9.17, 15) is 9.59 Å². The van der Waals surface area contributed by atoms with E-state index >= 15 is 0 Å². The maximum atomic E-state index is 10.5. The van der Waals surface area contributed by atoms with Gasteiger partial charge < -0.3 is 9.90 Å². The smallest absolute Gasteiger partial charge is 0.409 e. The number of amides is 1. The summed E-state index contributed by atoms with van der Waals surface area (Å²) in [5.41, 5.74) is 2.68. The highest BCUT2D eigenvalue weighted by atomic mass is 79.9. The van der Waals surface area contributed by atoms with Gasteiger partial charge >= 0.3 is 6.09 Å². The van der Waals surface area contributed by atoms with Gasteiger partial charge in [0, 0.05) is 5.69 Å². The van der Waals surface area contributed by atoms with Crippen LogP contribution in [0.15, 0.2) is 18.2 Å². The van der Waals surface area contributed by atoms with Crippen molar-refractivity contribution in [3.8, 4) is 0 Å². The van der Waals surface area contributed by atoms with E-state index in [4.69, 9.17) is 5.11 Å². The van der Waals surface area contributed by atoms with Gasteiger partial charge in [-0.1, -0.05) is 22.0 Å². The van der Waals surface area contributed by atoms with Crippen molar-refractivity contribution in [2.45, 2.75) is 24.6 Å². The highest BCUT2D eigenvalue weighted by Crippen LogP contribution is 2.18. The van der Waals surface area contributed by atoms with Gasteiger partial charge in [-0.2, -0.15) is 0 Å². The molecular weight excluding hydrogens is 286 g/mol. The number of aryl methyl sites for hydroxylation is 2. The monoisotopic (exact) mass is 299 g/mol. The maximum absolute atomic E-state index is 10.5. The van der Waals surface area contributed by atoms with Crippen LogP contribution in [0.1, 0.15) is 17.5 Å². The number of nitrogens with one attached hydrogen (secondary N) is 1. The average molecular weight is 300 g/mol. The predicted molar refractivity (Wildman–Crippen MR) is 69.9 cm³/mol. The Morgan fingerprint density at radius 1 is 1.59 bits per heavy atom. The zero-order valence-electron chi connectivity index (χ0n) is 9.44. The van der Waals surface area contributed by atoms with Crippen LogP contribution in [0.5, 0.6) is 0 Å². The molecular formula is C12H14BrNO3. The molecule has 0 saturated carbocycles. The number of aldehydes is 1. The van der Waals surface area contributed by atoms with E-state index in [1.165, 1.54) is 0 Å². The van der Waals surface area contributed by atoms with Gasteiger partial charge in [-0.05, 0) is 43.0 Å². The lowest BCUT2D eigenvalue weighted by Crippen LogP contribution is -2.08. The Hall–Kier alpha value is -1.36. The molecule has 4 nitrogen and oxygen atoms in total. The summed E-state index contributed by atoms with van der Waals surface area (Å²) in [6, 6.07) is 5.39. The van der Waals surface area contributed by atoms with Crippen LogP contribution in [-0.4, -0.2) is 22.3 Å². The first-order chi connectivity index (χ1) is 8.02. The minimum atomic E-state index is -1.08. The summed E-state index contributed by atoms with van der Waals surface area (Å²) in [5.74, 6) is 0. The van der Waals surface area contributed by atoms with Gasteiger partial charge in [-0.15, -0.1) is 0 Å². The molecule has 0 spiro atoms. The summed E-state index contributed by atoms with van der Waals surface area (Å²) in [4.78, 5) is 20.8. The number of halogens is 1. The topological polar surface area (TPSA) is 66.4 Å². The number of rotatable bonds is 5. The first-order valence-corrected chi connectivity index (χ1v) is 6.13. The maximum Gasteiger partial charge on any atom is 0.409 e. The molecule has 0 fully saturated rings. The molecule has 1 unspecified atom stereocenters. The number of anilines is 1. The number of benzene rings is 1. The van der Waals surface area contributed by atoms with Crippen molar-refractivity contribution in [3.05, 3.63) is 29.3 Å². The van der Waals surface area contributed by atoms with Crippen molar-refractivity contribution in [3.63, 3.8) is 0 Å². The van der Waals surface area contributed by atoms with E-state index in [-0.39, 0.29) is 4.83 Å². The molecule has 1 aromatic carbocycles. The van der Waals surface area contributed by atoms with E-state index in [1.807, 2.05) is 13.0 Å². The molecule has 1 atom stereocenters. The lowest BCUT2D eigenvalue weighted by atomic mass is 10.0. The molecule has 92 valence electrons. The minimum Gasteiger partial charge on any atom is -0.465 e. The number of alkyl halides is 1. The van der Waals surface area contributed by atoms with Crippen molar-refractivity contribution < 1.29 is 14.7 Å². The summed E-state index contributed by atoms with van der Waals surface area (Å²) in [6.45, 7) is 1.96. The third kappa shape index (κ3) is 4.56. The van der Waals surface area contributed by atoms with Crippen LogP contribution in [-0.2, 0) is 11.2 Å². The van der Waals surface area contributed by atoms with Gasteiger partial charge in [0.1, 0.15) is 6.29 Å². The number of carbonyl (C=O) groups is 2. The fraction of sp³-hybridized carbons (Fsp3) is 0.333. The molecule has 0 radical (unpaired) electrons. The van der Waals surface area contributed by atoms with Gasteiger partial charge in [0.15, 0.2) is 0 Å². The van der Waals surface area contributed by atoms with Crippen LogP contribution in [0, 0.1) is 6.92 Å². The summed E-state index contributed by atoms with van der Waals surface area (Å²) in [6.07, 6.45) is 1.21. The fourth-order valence-electron chi connectivity index (χ4n) is 1.50. The summed E-state index contributed by atoms with van der Waals surface area (Å²) in [7, 11) is 0. The molecule has 5 heteroatoms. The number of hydrogen-bond acceptors (Lipinski definition) is 2. The second kappa shape index (κ2) is 6.39. The zero-order chi connectivity index (χ0) is 12.8. The first kappa shape index (κ1) is 13.7. The van der Waals surface area contributed by atoms with Crippen molar-refractivity contribution in [1.82, 2.24) is 0 Å². The Morgan fingerprint density at radius 3 is 2.88 bits per heavy atom. The van der Waals surface area contributed by atoms with Gasteiger partial charge in [-0.3, -0.25) is 5.32 Å². The SMILES string of the molecule is Cc1ccc(NC(=O)O)cc1CCC(Br)C=O. The van der Waals surface area contributed by atoms with E-state index in [2.05, 4.69) is 21.2 Å². The van der Waals surface area contributed by atoms with Crippen molar-refractivity contribution in [1.29, 1.82) is 0 Å². The summed E-state index contributed by atoms with van der Waals surface area (Å²) in [5, 5.41) is 10.9. The summed E-state index contributed by atoms with van der Waals surface area (Å²) < 4.78 is 0. The van der Waals surface area contributed by atoms with E-state index in [1.54, 1.807) is 12.1 Å². The number of hydrogen-bond donors (Lipinski definition) is 2. The molecule has 2 N–H and O–H groups in total. The Balaban J connectivity index is 2.75. The van der Waals surface area contributed by atoms with Gasteiger partial charge in [0.05, 0.1) is 4.83 Å². The van der Waals surface area contributed by atoms with Crippen LogP contribution < -0.4 is 5.32 Å².